The Balaban J connectivity index is 1.73. The maximum Gasteiger partial charge on any atom is 0.193 e. The molecule has 0 atom stereocenters. The van der Waals surface area contributed by atoms with Gasteiger partial charge < -0.3 is 14.8 Å². The molecule has 0 bridgehead atoms. The number of rotatable bonds is 7. The molecule has 0 aliphatic heterocycles. The average Bonchev–Trinajstić information content (AvgIpc) is 2.98. The number of halogens is 1. The fraction of sp³-hybridized carbons (Fsp3) is 0.444. The van der Waals surface area contributed by atoms with E-state index in [1.807, 2.05) is 50.6 Å². The van der Waals surface area contributed by atoms with E-state index in [1.54, 1.807) is 7.05 Å². The van der Waals surface area contributed by atoms with Gasteiger partial charge in [0.2, 0.25) is 0 Å². The van der Waals surface area contributed by atoms with E-state index >= 15 is 0 Å². The molecule has 1 N–H and O–H groups in total. The van der Waals surface area contributed by atoms with Crippen molar-refractivity contribution in [1.82, 2.24) is 19.8 Å². The van der Waals surface area contributed by atoms with Crippen LogP contribution in [0.5, 0.6) is 0 Å². The van der Waals surface area contributed by atoms with Gasteiger partial charge in [0.25, 0.3) is 0 Å². The third-order valence-corrected chi connectivity index (χ3v) is 4.34. The first-order valence-electron chi connectivity index (χ1n) is 8.24. The molecule has 2 rings (SSSR count). The maximum atomic E-state index is 6.23. The molecular formula is C18H26ClN5. The molecule has 0 aliphatic carbocycles. The molecule has 5 nitrogen and oxygen atoms in total. The van der Waals surface area contributed by atoms with E-state index in [9.17, 15) is 0 Å². The number of hydrogen-bond donors (Lipinski definition) is 1. The van der Waals surface area contributed by atoms with Crippen molar-refractivity contribution in [3.8, 4) is 0 Å². The zero-order valence-electron chi connectivity index (χ0n) is 14.7. The summed E-state index contributed by atoms with van der Waals surface area (Å²) in [6.45, 7) is 4.66. The normalized spacial score (nSPS) is 11.6. The summed E-state index contributed by atoms with van der Waals surface area (Å²) in [5, 5.41) is 4.20. The quantitative estimate of drug-likeness (QED) is 0.474. The number of aryl methyl sites for hydroxylation is 2. The summed E-state index contributed by atoms with van der Waals surface area (Å²) in [5.41, 5.74) is 1.10. The Morgan fingerprint density at radius 3 is 2.79 bits per heavy atom. The second-order valence-electron chi connectivity index (χ2n) is 5.80. The molecule has 0 saturated heterocycles. The number of nitrogens with one attached hydrogen (secondary N) is 1. The minimum Gasteiger partial charge on any atom is -0.356 e. The van der Waals surface area contributed by atoms with Crippen LogP contribution < -0.4 is 5.32 Å². The Morgan fingerprint density at radius 1 is 1.33 bits per heavy atom. The summed E-state index contributed by atoms with van der Waals surface area (Å²) in [5.74, 6) is 1.95. The molecule has 6 heteroatoms. The second-order valence-corrected chi connectivity index (χ2v) is 6.20. The molecule has 0 saturated carbocycles. The topological polar surface area (TPSA) is 45.5 Å². The Morgan fingerprint density at radius 2 is 2.12 bits per heavy atom. The van der Waals surface area contributed by atoms with Crippen molar-refractivity contribution in [3.05, 3.63) is 53.1 Å². The minimum absolute atomic E-state index is 0.730. The summed E-state index contributed by atoms with van der Waals surface area (Å²) in [6.07, 6.45) is 6.06. The van der Waals surface area contributed by atoms with Gasteiger partial charge in [0.15, 0.2) is 5.96 Å². The first kappa shape index (κ1) is 18.3. The average molecular weight is 348 g/mol. The van der Waals surface area contributed by atoms with E-state index < -0.39 is 0 Å². The van der Waals surface area contributed by atoms with Crippen molar-refractivity contribution in [3.63, 3.8) is 0 Å². The van der Waals surface area contributed by atoms with Crippen molar-refractivity contribution >= 4 is 17.6 Å². The number of imidazole rings is 1. The fourth-order valence-electron chi connectivity index (χ4n) is 2.59. The number of nitrogens with zero attached hydrogens (tertiary/aromatic N) is 4. The Hall–Kier alpha value is -2.01. The lowest BCUT2D eigenvalue weighted by Crippen LogP contribution is -2.39. The van der Waals surface area contributed by atoms with E-state index in [-0.39, 0.29) is 0 Å². The van der Waals surface area contributed by atoms with Gasteiger partial charge in [-0.1, -0.05) is 29.8 Å². The van der Waals surface area contributed by atoms with Crippen LogP contribution in [-0.2, 0) is 13.1 Å². The van der Waals surface area contributed by atoms with Crippen LogP contribution in [0.3, 0.4) is 0 Å². The lowest BCUT2D eigenvalue weighted by atomic mass is 10.2. The van der Waals surface area contributed by atoms with Crippen LogP contribution >= 0.6 is 11.6 Å². The van der Waals surface area contributed by atoms with Gasteiger partial charge in [-0.15, -0.1) is 0 Å². The van der Waals surface area contributed by atoms with E-state index in [0.717, 1.165) is 54.8 Å². The van der Waals surface area contributed by atoms with E-state index in [0.29, 0.717) is 0 Å². The SMILES string of the molecule is CN=C(NCCCCn1ccnc1C)N(C)Cc1ccccc1Cl. The Labute approximate surface area is 149 Å². The molecule has 2 aromatic rings. The molecule has 24 heavy (non-hydrogen) atoms. The maximum absolute atomic E-state index is 6.23. The fourth-order valence-corrected chi connectivity index (χ4v) is 2.78. The molecule has 0 unspecified atom stereocenters. The van der Waals surface area contributed by atoms with Crippen LogP contribution in [0.4, 0.5) is 0 Å². The van der Waals surface area contributed by atoms with Gasteiger partial charge in [-0.2, -0.15) is 0 Å². The smallest absolute Gasteiger partial charge is 0.193 e. The number of hydrogen-bond acceptors (Lipinski definition) is 2. The van der Waals surface area contributed by atoms with Gasteiger partial charge in [0.1, 0.15) is 5.82 Å². The zero-order chi connectivity index (χ0) is 17.4. The summed E-state index contributed by atoms with van der Waals surface area (Å²) in [7, 11) is 3.83. The first-order valence-corrected chi connectivity index (χ1v) is 8.62. The van der Waals surface area contributed by atoms with Crippen LogP contribution in [0.2, 0.25) is 5.02 Å². The van der Waals surface area contributed by atoms with Crippen molar-refractivity contribution in [2.45, 2.75) is 32.9 Å². The van der Waals surface area contributed by atoms with Crippen molar-refractivity contribution in [2.24, 2.45) is 4.99 Å². The van der Waals surface area contributed by atoms with Gasteiger partial charge in [-0.25, -0.2) is 4.98 Å². The van der Waals surface area contributed by atoms with Crippen LogP contribution in [0.15, 0.2) is 41.7 Å². The number of aromatic nitrogens is 2. The highest BCUT2D eigenvalue weighted by atomic mass is 35.5. The van der Waals surface area contributed by atoms with Gasteiger partial charge in [0, 0.05) is 51.1 Å². The predicted octanol–water partition coefficient (Wildman–Crippen LogP) is 3.33. The number of unbranched alkanes of at least 4 members (excludes halogenated alkanes) is 1. The third-order valence-electron chi connectivity index (χ3n) is 3.97. The van der Waals surface area contributed by atoms with Crippen LogP contribution in [0.25, 0.3) is 0 Å². The van der Waals surface area contributed by atoms with E-state index in [4.69, 9.17) is 11.6 Å². The first-order chi connectivity index (χ1) is 11.6. The Bertz CT molecular complexity index is 665. The summed E-state index contributed by atoms with van der Waals surface area (Å²) >= 11 is 6.23. The molecule has 1 heterocycles. The molecule has 1 aromatic heterocycles. The zero-order valence-corrected chi connectivity index (χ0v) is 15.4. The van der Waals surface area contributed by atoms with Crippen molar-refractivity contribution in [1.29, 1.82) is 0 Å². The van der Waals surface area contributed by atoms with Crippen LogP contribution in [0, 0.1) is 6.92 Å². The summed E-state index contributed by atoms with van der Waals surface area (Å²) in [6, 6.07) is 7.91. The predicted molar refractivity (Wildman–Crippen MR) is 100 cm³/mol. The Kier molecular flexibility index (Phi) is 7.12. The van der Waals surface area contributed by atoms with Crippen LogP contribution in [0.1, 0.15) is 24.2 Å². The van der Waals surface area contributed by atoms with Gasteiger partial charge in [-0.3, -0.25) is 4.99 Å². The lowest BCUT2D eigenvalue weighted by molar-refractivity contribution is 0.473. The highest BCUT2D eigenvalue weighted by Crippen LogP contribution is 2.16. The van der Waals surface area contributed by atoms with Gasteiger partial charge in [0.05, 0.1) is 0 Å². The highest BCUT2D eigenvalue weighted by molar-refractivity contribution is 6.31. The summed E-state index contributed by atoms with van der Waals surface area (Å²) in [4.78, 5) is 10.7. The van der Waals surface area contributed by atoms with Gasteiger partial charge in [-0.05, 0) is 31.4 Å². The largest absolute Gasteiger partial charge is 0.356 e. The minimum atomic E-state index is 0.730. The van der Waals surface area contributed by atoms with Crippen LogP contribution in [-0.4, -0.2) is 41.1 Å². The molecule has 0 amide bonds. The molecular weight excluding hydrogens is 322 g/mol. The molecule has 130 valence electrons. The number of aliphatic imine (C=N–C) groups is 1. The summed E-state index contributed by atoms with van der Waals surface area (Å²) < 4.78 is 2.18. The standard InChI is InChI=1S/C18H26ClN5/c1-15-21-11-13-24(15)12-7-6-10-22-18(20-2)23(3)14-16-8-4-5-9-17(16)19/h4-5,8-9,11,13H,6-7,10,12,14H2,1-3H3,(H,20,22). The lowest BCUT2D eigenvalue weighted by Gasteiger charge is -2.22. The van der Waals surface area contributed by atoms with E-state index in [2.05, 4.69) is 24.8 Å². The second kappa shape index (κ2) is 9.33. The molecule has 0 radical (unpaired) electrons. The highest BCUT2D eigenvalue weighted by Gasteiger charge is 2.08. The monoisotopic (exact) mass is 347 g/mol. The van der Waals surface area contributed by atoms with E-state index in [1.165, 1.54) is 0 Å². The molecule has 1 aromatic carbocycles. The van der Waals surface area contributed by atoms with Crippen molar-refractivity contribution < 1.29 is 0 Å². The molecule has 0 fully saturated rings. The third kappa shape index (κ3) is 5.27. The number of benzene rings is 1. The molecule has 0 aliphatic rings. The number of guanidine groups is 1. The van der Waals surface area contributed by atoms with Gasteiger partial charge >= 0.3 is 0 Å². The van der Waals surface area contributed by atoms with Crippen molar-refractivity contribution in [2.75, 3.05) is 20.6 Å². The molecule has 0 spiro atoms.